The summed E-state index contributed by atoms with van der Waals surface area (Å²) in [6.07, 6.45) is 4.75. The van der Waals surface area contributed by atoms with E-state index in [0.29, 0.717) is 25.7 Å². The van der Waals surface area contributed by atoms with Crippen LogP contribution in [0.3, 0.4) is 0 Å². The first-order chi connectivity index (χ1) is 9.12. The highest BCUT2D eigenvalue weighted by Crippen LogP contribution is 2.19. The minimum atomic E-state index is -3.13. The molecule has 1 unspecified atom stereocenters. The van der Waals surface area contributed by atoms with E-state index >= 15 is 0 Å². The lowest BCUT2D eigenvalue weighted by molar-refractivity contribution is 0.126. The number of hydrogen-bond acceptors (Lipinski definition) is 4. The molecule has 0 aromatic carbocycles. The van der Waals surface area contributed by atoms with Gasteiger partial charge in [0.1, 0.15) is 0 Å². The maximum Gasteiger partial charge on any atom is 0.216 e. The SMILES string of the molecule is CCCNC1CCN(S(=O)(=O)CC2CCCO2)CC1. The van der Waals surface area contributed by atoms with Crippen LogP contribution >= 0.6 is 0 Å². The van der Waals surface area contributed by atoms with Gasteiger partial charge in [0.2, 0.25) is 10.0 Å². The van der Waals surface area contributed by atoms with E-state index in [1.165, 1.54) is 0 Å². The fourth-order valence-electron chi connectivity index (χ4n) is 2.80. The van der Waals surface area contributed by atoms with E-state index < -0.39 is 10.0 Å². The Labute approximate surface area is 116 Å². The number of nitrogens with zero attached hydrogens (tertiary/aromatic N) is 1. The van der Waals surface area contributed by atoms with Gasteiger partial charge in [-0.25, -0.2) is 12.7 Å². The van der Waals surface area contributed by atoms with Crippen LogP contribution in [0.1, 0.15) is 39.0 Å². The molecule has 2 heterocycles. The van der Waals surface area contributed by atoms with E-state index in [-0.39, 0.29) is 11.9 Å². The molecule has 2 aliphatic rings. The van der Waals surface area contributed by atoms with Gasteiger partial charge in [0.05, 0.1) is 11.9 Å². The van der Waals surface area contributed by atoms with Crippen LogP contribution in [-0.4, -0.2) is 56.9 Å². The molecule has 0 bridgehead atoms. The zero-order chi connectivity index (χ0) is 13.7. The van der Waals surface area contributed by atoms with Crippen molar-refractivity contribution in [1.82, 2.24) is 9.62 Å². The number of ether oxygens (including phenoxy) is 1. The molecule has 0 aromatic heterocycles. The van der Waals surface area contributed by atoms with Crippen LogP contribution in [0.5, 0.6) is 0 Å². The highest BCUT2D eigenvalue weighted by Gasteiger charge is 2.31. The molecule has 2 rings (SSSR count). The second-order valence-corrected chi connectivity index (χ2v) is 7.55. The fourth-order valence-corrected chi connectivity index (χ4v) is 4.51. The summed E-state index contributed by atoms with van der Waals surface area (Å²) in [5.41, 5.74) is 0. The normalized spacial score (nSPS) is 26.9. The molecule has 0 amide bonds. The van der Waals surface area contributed by atoms with Crippen LogP contribution < -0.4 is 5.32 Å². The molecule has 112 valence electrons. The van der Waals surface area contributed by atoms with Gasteiger partial charge >= 0.3 is 0 Å². The maximum absolute atomic E-state index is 12.3. The van der Waals surface area contributed by atoms with Crippen LogP contribution in [0, 0.1) is 0 Å². The molecule has 0 aliphatic carbocycles. The van der Waals surface area contributed by atoms with Gasteiger partial charge in [-0.2, -0.15) is 0 Å². The fraction of sp³-hybridized carbons (Fsp3) is 1.00. The van der Waals surface area contributed by atoms with E-state index in [4.69, 9.17) is 4.74 Å². The van der Waals surface area contributed by atoms with E-state index in [2.05, 4.69) is 12.2 Å². The van der Waals surface area contributed by atoms with Crippen molar-refractivity contribution in [3.63, 3.8) is 0 Å². The lowest BCUT2D eigenvalue weighted by Crippen LogP contribution is -2.46. The van der Waals surface area contributed by atoms with Gasteiger partial charge in [0.25, 0.3) is 0 Å². The van der Waals surface area contributed by atoms with E-state index in [9.17, 15) is 8.42 Å². The molecule has 6 heteroatoms. The van der Waals surface area contributed by atoms with Crippen LogP contribution in [0.25, 0.3) is 0 Å². The predicted molar refractivity (Wildman–Crippen MR) is 75.6 cm³/mol. The monoisotopic (exact) mass is 290 g/mol. The van der Waals surface area contributed by atoms with Gasteiger partial charge in [0.15, 0.2) is 0 Å². The zero-order valence-corrected chi connectivity index (χ0v) is 12.6. The molecule has 0 saturated carbocycles. The zero-order valence-electron chi connectivity index (χ0n) is 11.8. The Morgan fingerprint density at radius 2 is 2.00 bits per heavy atom. The molecule has 0 aromatic rings. The van der Waals surface area contributed by atoms with Gasteiger partial charge in [-0.3, -0.25) is 0 Å². The lowest BCUT2D eigenvalue weighted by atomic mass is 10.1. The van der Waals surface area contributed by atoms with Crippen molar-refractivity contribution < 1.29 is 13.2 Å². The highest BCUT2D eigenvalue weighted by atomic mass is 32.2. The molecular weight excluding hydrogens is 264 g/mol. The highest BCUT2D eigenvalue weighted by molar-refractivity contribution is 7.89. The Kier molecular flexibility index (Phi) is 5.62. The first-order valence-corrected chi connectivity index (χ1v) is 9.05. The van der Waals surface area contributed by atoms with Crippen LogP contribution in [0.15, 0.2) is 0 Å². The third kappa shape index (κ3) is 4.41. The Hall–Kier alpha value is -0.170. The van der Waals surface area contributed by atoms with Gasteiger partial charge in [-0.1, -0.05) is 6.92 Å². The summed E-state index contributed by atoms with van der Waals surface area (Å²) < 4.78 is 31.7. The Morgan fingerprint density at radius 3 is 2.58 bits per heavy atom. The van der Waals surface area contributed by atoms with E-state index in [1.807, 2.05) is 0 Å². The van der Waals surface area contributed by atoms with Crippen molar-refractivity contribution in [3.8, 4) is 0 Å². The number of hydrogen-bond donors (Lipinski definition) is 1. The van der Waals surface area contributed by atoms with Gasteiger partial charge in [0, 0.05) is 25.7 Å². The summed E-state index contributed by atoms with van der Waals surface area (Å²) >= 11 is 0. The second-order valence-electron chi connectivity index (χ2n) is 5.54. The van der Waals surface area contributed by atoms with Crippen molar-refractivity contribution in [2.75, 3.05) is 32.0 Å². The standard InChI is InChI=1S/C13H26N2O3S/c1-2-7-14-12-5-8-15(9-6-12)19(16,17)11-13-4-3-10-18-13/h12-14H,2-11H2,1H3. The van der Waals surface area contributed by atoms with Crippen molar-refractivity contribution >= 4 is 10.0 Å². The van der Waals surface area contributed by atoms with Crippen molar-refractivity contribution in [1.29, 1.82) is 0 Å². The molecule has 5 nitrogen and oxygen atoms in total. The molecule has 2 saturated heterocycles. The lowest BCUT2D eigenvalue weighted by Gasteiger charge is -2.32. The molecule has 19 heavy (non-hydrogen) atoms. The molecule has 1 N–H and O–H groups in total. The maximum atomic E-state index is 12.3. The smallest absolute Gasteiger partial charge is 0.216 e. The Bertz CT molecular complexity index is 358. The summed E-state index contributed by atoms with van der Waals surface area (Å²) in [4.78, 5) is 0. The summed E-state index contributed by atoms with van der Waals surface area (Å²) in [5, 5.41) is 3.47. The van der Waals surface area contributed by atoms with Crippen molar-refractivity contribution in [2.45, 2.75) is 51.2 Å². The van der Waals surface area contributed by atoms with Crippen LogP contribution in [-0.2, 0) is 14.8 Å². The summed E-state index contributed by atoms with van der Waals surface area (Å²) in [6, 6.07) is 0.481. The molecule has 0 spiro atoms. The summed E-state index contributed by atoms with van der Waals surface area (Å²) in [7, 11) is -3.13. The summed E-state index contributed by atoms with van der Waals surface area (Å²) in [6.45, 7) is 5.18. The third-order valence-corrected chi connectivity index (χ3v) is 5.90. The average Bonchev–Trinajstić information content (AvgIpc) is 2.89. The van der Waals surface area contributed by atoms with Crippen molar-refractivity contribution in [3.05, 3.63) is 0 Å². The van der Waals surface area contributed by atoms with E-state index in [0.717, 1.165) is 38.6 Å². The van der Waals surface area contributed by atoms with Crippen LogP contribution in [0.4, 0.5) is 0 Å². The van der Waals surface area contributed by atoms with Crippen LogP contribution in [0.2, 0.25) is 0 Å². The van der Waals surface area contributed by atoms with Gasteiger partial charge in [-0.15, -0.1) is 0 Å². The first kappa shape index (κ1) is 15.2. The van der Waals surface area contributed by atoms with E-state index in [1.54, 1.807) is 4.31 Å². The molecule has 0 radical (unpaired) electrons. The number of piperidine rings is 1. The number of sulfonamides is 1. The minimum Gasteiger partial charge on any atom is -0.377 e. The molecule has 2 fully saturated rings. The van der Waals surface area contributed by atoms with Crippen molar-refractivity contribution in [2.24, 2.45) is 0 Å². The number of nitrogens with one attached hydrogen (secondary N) is 1. The quantitative estimate of drug-likeness (QED) is 0.791. The molecule has 1 atom stereocenters. The Balaban J connectivity index is 1.79. The topological polar surface area (TPSA) is 58.6 Å². The predicted octanol–water partition coefficient (Wildman–Crippen LogP) is 0.959. The second kappa shape index (κ2) is 7.02. The first-order valence-electron chi connectivity index (χ1n) is 7.44. The minimum absolute atomic E-state index is 0.0825. The largest absolute Gasteiger partial charge is 0.377 e. The van der Waals surface area contributed by atoms with Gasteiger partial charge < -0.3 is 10.1 Å². The molecular formula is C13H26N2O3S. The Morgan fingerprint density at radius 1 is 1.26 bits per heavy atom. The number of rotatable bonds is 6. The molecule has 2 aliphatic heterocycles. The van der Waals surface area contributed by atoms with Gasteiger partial charge in [-0.05, 0) is 38.6 Å². The summed E-state index contributed by atoms with van der Waals surface area (Å²) in [5.74, 6) is 0.167. The average molecular weight is 290 g/mol. The third-order valence-electron chi connectivity index (χ3n) is 3.95.